The van der Waals surface area contributed by atoms with Gasteiger partial charge in [0.05, 0.1) is 11.3 Å². The van der Waals surface area contributed by atoms with Gasteiger partial charge in [-0.1, -0.05) is 36.9 Å². The van der Waals surface area contributed by atoms with Crippen molar-refractivity contribution in [2.45, 2.75) is 18.2 Å². The third-order valence-electron chi connectivity index (χ3n) is 4.46. The Hall–Kier alpha value is -2.60. The van der Waals surface area contributed by atoms with Crippen molar-refractivity contribution >= 4 is 17.2 Å². The Morgan fingerprint density at radius 1 is 1.16 bits per heavy atom. The van der Waals surface area contributed by atoms with E-state index in [-0.39, 0.29) is 6.42 Å². The van der Waals surface area contributed by atoms with Crippen LogP contribution in [-0.2, 0) is 16.6 Å². The molecule has 0 aromatic heterocycles. The number of fused-ring (bicyclic) bond motifs is 1. The Morgan fingerprint density at radius 3 is 2.36 bits per heavy atom. The lowest BCUT2D eigenvalue weighted by Gasteiger charge is -2.23. The number of benzene rings is 2. The molecule has 0 spiro atoms. The summed E-state index contributed by atoms with van der Waals surface area (Å²) < 4.78 is 38.0. The maximum absolute atomic E-state index is 12.7. The fourth-order valence-electron chi connectivity index (χ4n) is 3.09. The lowest BCUT2D eigenvalue weighted by molar-refractivity contribution is -0.137. The number of halogens is 3. The SMILES string of the molecule is C=C(CC1(O)C(=O)N(C)c2ccccc21)c1ccc(C(F)(F)F)cc1. The highest BCUT2D eigenvalue weighted by Crippen LogP contribution is 2.44. The molecule has 0 saturated carbocycles. The highest BCUT2D eigenvalue weighted by molar-refractivity contribution is 6.07. The Morgan fingerprint density at radius 2 is 1.76 bits per heavy atom. The van der Waals surface area contributed by atoms with Crippen LogP contribution in [0.1, 0.15) is 23.1 Å². The fourth-order valence-corrected chi connectivity index (χ4v) is 3.09. The molecule has 0 bridgehead atoms. The van der Waals surface area contributed by atoms with Gasteiger partial charge in [0.2, 0.25) is 0 Å². The second-order valence-corrected chi connectivity index (χ2v) is 6.10. The Bertz CT molecular complexity index is 842. The number of likely N-dealkylation sites (N-methyl/N-ethyl adjacent to an activating group) is 1. The Balaban J connectivity index is 1.89. The molecule has 6 heteroatoms. The van der Waals surface area contributed by atoms with Crippen molar-refractivity contribution in [2.24, 2.45) is 0 Å². The molecular weight excluding hydrogens is 331 g/mol. The van der Waals surface area contributed by atoms with E-state index in [0.29, 0.717) is 22.4 Å². The smallest absolute Gasteiger partial charge is 0.375 e. The van der Waals surface area contributed by atoms with E-state index in [1.807, 2.05) is 0 Å². The molecule has 0 saturated heterocycles. The summed E-state index contributed by atoms with van der Waals surface area (Å²) in [5, 5.41) is 11.0. The van der Waals surface area contributed by atoms with Crippen LogP contribution in [-0.4, -0.2) is 18.1 Å². The van der Waals surface area contributed by atoms with Crippen LogP contribution in [0.25, 0.3) is 5.57 Å². The molecule has 0 aliphatic carbocycles. The van der Waals surface area contributed by atoms with Gasteiger partial charge in [0.25, 0.3) is 5.91 Å². The van der Waals surface area contributed by atoms with Crippen molar-refractivity contribution in [3.05, 3.63) is 71.8 Å². The van der Waals surface area contributed by atoms with Gasteiger partial charge in [-0.2, -0.15) is 13.2 Å². The predicted octanol–water partition coefficient (Wildman–Crippen LogP) is 3.97. The zero-order chi connectivity index (χ0) is 18.4. The van der Waals surface area contributed by atoms with E-state index >= 15 is 0 Å². The summed E-state index contributed by atoms with van der Waals surface area (Å²) >= 11 is 0. The highest BCUT2D eigenvalue weighted by Gasteiger charge is 2.48. The summed E-state index contributed by atoms with van der Waals surface area (Å²) in [6, 6.07) is 11.4. The monoisotopic (exact) mass is 347 g/mol. The molecular formula is C19H16F3NO2. The summed E-state index contributed by atoms with van der Waals surface area (Å²) in [4.78, 5) is 13.9. The van der Waals surface area contributed by atoms with Crippen LogP contribution in [0.15, 0.2) is 55.1 Å². The number of hydrogen-bond acceptors (Lipinski definition) is 2. The first-order valence-corrected chi connectivity index (χ1v) is 7.60. The van der Waals surface area contributed by atoms with Crippen molar-refractivity contribution in [2.75, 3.05) is 11.9 Å². The molecule has 3 rings (SSSR count). The second kappa shape index (κ2) is 5.74. The number of para-hydroxylation sites is 1. The summed E-state index contributed by atoms with van der Waals surface area (Å²) in [7, 11) is 1.57. The molecule has 1 N–H and O–H groups in total. The molecule has 1 unspecified atom stereocenters. The van der Waals surface area contributed by atoms with Crippen molar-refractivity contribution in [1.29, 1.82) is 0 Å². The minimum atomic E-state index is -4.42. The number of aliphatic hydroxyl groups is 1. The van der Waals surface area contributed by atoms with Crippen LogP contribution >= 0.6 is 0 Å². The zero-order valence-corrected chi connectivity index (χ0v) is 13.5. The minimum absolute atomic E-state index is 0.0987. The van der Waals surface area contributed by atoms with Crippen molar-refractivity contribution < 1.29 is 23.1 Å². The quantitative estimate of drug-likeness (QED) is 0.913. The van der Waals surface area contributed by atoms with E-state index in [2.05, 4.69) is 6.58 Å². The zero-order valence-electron chi connectivity index (χ0n) is 13.5. The molecule has 2 aromatic carbocycles. The lowest BCUT2D eigenvalue weighted by Crippen LogP contribution is -2.38. The minimum Gasteiger partial charge on any atom is -0.375 e. The number of hydrogen-bond donors (Lipinski definition) is 1. The molecule has 0 radical (unpaired) electrons. The number of rotatable bonds is 3. The molecule has 2 aromatic rings. The molecule has 1 aliphatic rings. The topological polar surface area (TPSA) is 40.5 Å². The van der Waals surface area contributed by atoms with Gasteiger partial charge >= 0.3 is 6.18 Å². The predicted molar refractivity (Wildman–Crippen MR) is 88.8 cm³/mol. The largest absolute Gasteiger partial charge is 0.416 e. The van der Waals surface area contributed by atoms with Crippen molar-refractivity contribution in [3.63, 3.8) is 0 Å². The van der Waals surface area contributed by atoms with Crippen LogP contribution in [0.5, 0.6) is 0 Å². The normalized spacial score (nSPS) is 19.9. The van der Waals surface area contributed by atoms with Crippen LogP contribution < -0.4 is 4.90 Å². The first-order chi connectivity index (χ1) is 11.6. The number of carbonyl (C=O) groups excluding carboxylic acids is 1. The van der Waals surface area contributed by atoms with Gasteiger partial charge in [-0.15, -0.1) is 0 Å². The van der Waals surface area contributed by atoms with E-state index in [1.54, 1.807) is 31.3 Å². The van der Waals surface area contributed by atoms with Gasteiger partial charge in [0, 0.05) is 19.0 Å². The summed E-state index contributed by atoms with van der Waals surface area (Å²) in [5.41, 5.74) is -0.628. The maximum atomic E-state index is 12.7. The van der Waals surface area contributed by atoms with E-state index in [0.717, 1.165) is 12.1 Å². The lowest BCUT2D eigenvalue weighted by atomic mass is 9.86. The van der Waals surface area contributed by atoms with Crippen LogP contribution in [0, 0.1) is 0 Å². The number of carbonyl (C=O) groups is 1. The van der Waals surface area contributed by atoms with E-state index in [9.17, 15) is 23.1 Å². The molecule has 3 nitrogen and oxygen atoms in total. The summed E-state index contributed by atoms with van der Waals surface area (Å²) in [5.74, 6) is -0.484. The average molecular weight is 347 g/mol. The van der Waals surface area contributed by atoms with Crippen LogP contribution in [0.3, 0.4) is 0 Å². The van der Waals surface area contributed by atoms with Gasteiger partial charge in [0.15, 0.2) is 5.60 Å². The van der Waals surface area contributed by atoms with Gasteiger partial charge in [0.1, 0.15) is 0 Å². The Kier molecular flexibility index (Phi) is 3.95. The first kappa shape index (κ1) is 17.2. The molecule has 1 heterocycles. The number of alkyl halides is 3. The molecule has 0 fully saturated rings. The van der Waals surface area contributed by atoms with E-state index in [4.69, 9.17) is 0 Å². The van der Waals surface area contributed by atoms with Crippen LogP contribution in [0.2, 0.25) is 0 Å². The summed E-state index contributed by atoms with van der Waals surface area (Å²) in [6.45, 7) is 3.85. The molecule has 25 heavy (non-hydrogen) atoms. The van der Waals surface area contributed by atoms with Gasteiger partial charge in [-0.25, -0.2) is 0 Å². The molecule has 1 amide bonds. The Labute approximate surface area is 143 Å². The molecule has 1 atom stereocenters. The first-order valence-electron chi connectivity index (χ1n) is 7.60. The number of anilines is 1. The summed E-state index contributed by atoms with van der Waals surface area (Å²) in [6.07, 6.45) is -4.51. The highest BCUT2D eigenvalue weighted by atomic mass is 19.4. The number of amides is 1. The molecule has 130 valence electrons. The van der Waals surface area contributed by atoms with Crippen LogP contribution in [0.4, 0.5) is 18.9 Å². The van der Waals surface area contributed by atoms with Crippen molar-refractivity contribution in [3.8, 4) is 0 Å². The average Bonchev–Trinajstić information content (AvgIpc) is 2.76. The maximum Gasteiger partial charge on any atom is 0.416 e. The van der Waals surface area contributed by atoms with Gasteiger partial charge in [-0.05, 0) is 29.3 Å². The van der Waals surface area contributed by atoms with Gasteiger partial charge < -0.3 is 10.0 Å². The van der Waals surface area contributed by atoms with E-state index < -0.39 is 23.2 Å². The second-order valence-electron chi connectivity index (χ2n) is 6.10. The van der Waals surface area contributed by atoms with E-state index in [1.165, 1.54) is 17.0 Å². The van der Waals surface area contributed by atoms with Gasteiger partial charge in [-0.3, -0.25) is 4.79 Å². The third-order valence-corrected chi connectivity index (χ3v) is 4.46. The third kappa shape index (κ3) is 2.82. The number of nitrogens with zero attached hydrogens (tertiary/aromatic N) is 1. The van der Waals surface area contributed by atoms with Crippen molar-refractivity contribution in [1.82, 2.24) is 0 Å². The fraction of sp³-hybridized carbons (Fsp3) is 0.211. The standard InChI is InChI=1S/C19H16F3NO2/c1-12(13-7-9-14(10-8-13)19(20,21)22)11-18(25)15-5-3-4-6-16(15)23(2)17(18)24/h3-10,25H,1,11H2,2H3. The molecule has 1 aliphatic heterocycles.